The number of anilines is 1. The van der Waals surface area contributed by atoms with Crippen molar-refractivity contribution in [1.82, 2.24) is 9.97 Å². The zero-order chi connectivity index (χ0) is 27.8. The lowest BCUT2D eigenvalue weighted by Gasteiger charge is -2.21. The molecule has 6 rings (SSSR count). The Morgan fingerprint density at radius 3 is 2.48 bits per heavy atom. The van der Waals surface area contributed by atoms with Gasteiger partial charge in [0, 0.05) is 63.5 Å². The van der Waals surface area contributed by atoms with Crippen molar-refractivity contribution >= 4 is 39.2 Å². The summed E-state index contributed by atoms with van der Waals surface area (Å²) in [6.07, 6.45) is 1.85. The van der Waals surface area contributed by atoms with Crippen LogP contribution < -0.4 is 10.5 Å². The Morgan fingerprint density at radius 2 is 1.73 bits per heavy atom. The Balaban J connectivity index is 1.61. The van der Waals surface area contributed by atoms with Crippen LogP contribution in [0, 0.1) is 11.3 Å². The summed E-state index contributed by atoms with van der Waals surface area (Å²) in [5.41, 5.74) is 5.81. The predicted molar refractivity (Wildman–Crippen MR) is 162 cm³/mol. The van der Waals surface area contributed by atoms with Crippen LogP contribution in [0.5, 0.6) is 0 Å². The van der Waals surface area contributed by atoms with E-state index in [1.54, 1.807) is 18.2 Å². The topological polar surface area (TPSA) is 85.9 Å². The fraction of sp³-hybridized carbons (Fsp3) is 0.121. The van der Waals surface area contributed by atoms with Crippen LogP contribution in [-0.2, 0) is 0 Å². The molecule has 7 heteroatoms. The third kappa shape index (κ3) is 4.41. The highest BCUT2D eigenvalue weighted by molar-refractivity contribution is 6.30. The number of nitrogens with zero attached hydrogens (tertiary/aromatic N) is 3. The average Bonchev–Trinajstić information content (AvgIpc) is 3.41. The van der Waals surface area contributed by atoms with E-state index in [4.69, 9.17) is 21.0 Å². The minimum Gasteiger partial charge on any atom is -0.422 e. The summed E-state index contributed by atoms with van der Waals surface area (Å²) in [6.45, 7) is 5.88. The van der Waals surface area contributed by atoms with Gasteiger partial charge in [-0.15, -0.1) is 0 Å². The van der Waals surface area contributed by atoms with Crippen LogP contribution >= 0.6 is 11.6 Å². The van der Waals surface area contributed by atoms with Gasteiger partial charge in [-0.25, -0.2) is 9.78 Å². The molecule has 0 saturated heterocycles. The van der Waals surface area contributed by atoms with Gasteiger partial charge < -0.3 is 14.3 Å². The molecule has 1 N–H and O–H groups in total. The van der Waals surface area contributed by atoms with Crippen LogP contribution in [0.4, 0.5) is 5.69 Å². The van der Waals surface area contributed by atoms with Gasteiger partial charge in [0.2, 0.25) is 0 Å². The molecular weight excluding hydrogens is 520 g/mol. The largest absolute Gasteiger partial charge is 0.422 e. The number of nitrogens with one attached hydrogen (secondary N) is 1. The van der Waals surface area contributed by atoms with Gasteiger partial charge in [0.15, 0.2) is 0 Å². The van der Waals surface area contributed by atoms with Crippen molar-refractivity contribution in [3.8, 4) is 39.7 Å². The minimum atomic E-state index is -0.492. The quantitative estimate of drug-likeness (QED) is 0.214. The van der Waals surface area contributed by atoms with E-state index in [-0.39, 0.29) is 0 Å². The van der Waals surface area contributed by atoms with Crippen LogP contribution in [0.25, 0.3) is 55.5 Å². The predicted octanol–water partition coefficient (Wildman–Crippen LogP) is 8.04. The van der Waals surface area contributed by atoms with E-state index in [1.165, 1.54) is 0 Å². The Labute approximate surface area is 236 Å². The molecule has 0 aliphatic rings. The number of hydrogen-bond donors (Lipinski definition) is 1. The van der Waals surface area contributed by atoms with Crippen molar-refractivity contribution in [2.75, 3.05) is 18.0 Å². The Morgan fingerprint density at radius 1 is 0.950 bits per heavy atom. The normalized spacial score (nSPS) is 11.2. The number of nitriles is 1. The molecule has 0 atom stereocenters. The van der Waals surface area contributed by atoms with Crippen molar-refractivity contribution < 1.29 is 4.42 Å². The molecule has 0 fully saturated rings. The Bertz CT molecular complexity index is 1980. The number of aromatic amines is 1. The van der Waals surface area contributed by atoms with Gasteiger partial charge in [-0.2, -0.15) is 5.26 Å². The molecule has 196 valence electrons. The second kappa shape index (κ2) is 10.4. The summed E-state index contributed by atoms with van der Waals surface area (Å²) < 4.78 is 5.83. The number of rotatable bonds is 6. The highest BCUT2D eigenvalue weighted by atomic mass is 35.5. The van der Waals surface area contributed by atoms with Crippen molar-refractivity contribution in [2.45, 2.75) is 13.8 Å². The van der Waals surface area contributed by atoms with Crippen LogP contribution in [-0.4, -0.2) is 23.1 Å². The fourth-order valence-electron chi connectivity index (χ4n) is 5.18. The van der Waals surface area contributed by atoms with E-state index < -0.39 is 5.63 Å². The molecule has 6 aromatic rings. The molecule has 3 aromatic heterocycles. The SMILES string of the molecule is CCN(CC)c1ccc2cc(-c3cc(-c4ccc(Cl)cc4)c(C#N)c(-c4c[nH]c5ccccc45)n3)c(=O)oc2c1. The minimum absolute atomic E-state index is 0.323. The average molecular weight is 545 g/mol. The highest BCUT2D eigenvalue weighted by Crippen LogP contribution is 2.37. The van der Waals surface area contributed by atoms with E-state index in [9.17, 15) is 10.1 Å². The van der Waals surface area contributed by atoms with Crippen molar-refractivity contribution in [1.29, 1.82) is 5.26 Å². The number of halogens is 1. The molecule has 0 radical (unpaired) electrons. The van der Waals surface area contributed by atoms with E-state index in [0.717, 1.165) is 46.2 Å². The summed E-state index contributed by atoms with van der Waals surface area (Å²) in [7, 11) is 0. The van der Waals surface area contributed by atoms with Gasteiger partial charge in [-0.05, 0) is 61.9 Å². The lowest BCUT2D eigenvalue weighted by atomic mass is 9.94. The Hall–Kier alpha value is -4.86. The summed E-state index contributed by atoms with van der Waals surface area (Å²) in [5, 5.41) is 12.7. The zero-order valence-corrected chi connectivity index (χ0v) is 22.8. The number of hydrogen-bond acceptors (Lipinski definition) is 5. The van der Waals surface area contributed by atoms with Crippen molar-refractivity contribution in [3.63, 3.8) is 0 Å². The third-order valence-electron chi connectivity index (χ3n) is 7.25. The molecule has 6 nitrogen and oxygen atoms in total. The van der Waals surface area contributed by atoms with Crippen molar-refractivity contribution in [2.24, 2.45) is 0 Å². The standard InChI is InChI=1S/C33H25ClN4O2/c1-3-38(4-2)23-14-11-21-15-26(33(39)40-31(21)16-23)30-17-25(20-9-12-22(34)13-10-20)27(18-35)32(37-30)28-19-36-29-8-6-5-7-24(28)29/h5-17,19,36H,3-4H2,1-2H3. The molecule has 0 bridgehead atoms. The van der Waals surface area contributed by atoms with Gasteiger partial charge in [0.1, 0.15) is 11.7 Å². The van der Waals surface area contributed by atoms with E-state index in [0.29, 0.717) is 38.7 Å². The van der Waals surface area contributed by atoms with Gasteiger partial charge in [-0.3, -0.25) is 0 Å². The number of aromatic nitrogens is 2. The lowest BCUT2D eigenvalue weighted by molar-refractivity contribution is 0.563. The first kappa shape index (κ1) is 25.4. The van der Waals surface area contributed by atoms with Crippen LogP contribution in [0.1, 0.15) is 19.4 Å². The van der Waals surface area contributed by atoms with Crippen LogP contribution in [0.3, 0.4) is 0 Å². The number of benzene rings is 3. The van der Waals surface area contributed by atoms with Crippen LogP contribution in [0.2, 0.25) is 5.02 Å². The molecule has 0 amide bonds. The van der Waals surface area contributed by atoms with Crippen molar-refractivity contribution in [3.05, 3.63) is 106 Å². The highest BCUT2D eigenvalue weighted by Gasteiger charge is 2.21. The van der Waals surface area contributed by atoms with Gasteiger partial charge >= 0.3 is 5.63 Å². The first-order chi connectivity index (χ1) is 19.5. The van der Waals surface area contributed by atoms with E-state index >= 15 is 0 Å². The number of pyridine rings is 1. The number of para-hydroxylation sites is 1. The maximum Gasteiger partial charge on any atom is 0.345 e. The second-order valence-corrected chi connectivity index (χ2v) is 9.92. The first-order valence-electron chi connectivity index (χ1n) is 13.1. The Kier molecular flexibility index (Phi) is 6.59. The molecular formula is C33H25ClN4O2. The third-order valence-corrected chi connectivity index (χ3v) is 7.51. The maximum absolute atomic E-state index is 13.4. The molecule has 0 unspecified atom stereocenters. The van der Waals surface area contributed by atoms with Gasteiger partial charge in [0.05, 0.1) is 22.5 Å². The molecule has 40 heavy (non-hydrogen) atoms. The zero-order valence-electron chi connectivity index (χ0n) is 22.0. The van der Waals surface area contributed by atoms with E-state index in [2.05, 4.69) is 29.8 Å². The van der Waals surface area contributed by atoms with Crippen LogP contribution in [0.15, 0.2) is 94.3 Å². The molecule has 3 aromatic carbocycles. The summed E-state index contributed by atoms with van der Waals surface area (Å²) >= 11 is 6.16. The van der Waals surface area contributed by atoms with E-state index in [1.807, 2.05) is 66.9 Å². The molecule has 3 heterocycles. The summed E-state index contributed by atoms with van der Waals surface area (Å²) in [5.74, 6) is 0. The molecule has 0 aliphatic carbocycles. The first-order valence-corrected chi connectivity index (χ1v) is 13.5. The second-order valence-electron chi connectivity index (χ2n) is 9.49. The molecule has 0 aliphatic heterocycles. The number of H-pyrrole nitrogens is 1. The van der Waals surface area contributed by atoms with Gasteiger partial charge in [-0.1, -0.05) is 41.9 Å². The summed E-state index contributed by atoms with van der Waals surface area (Å²) in [6, 6.07) is 27.0. The van der Waals surface area contributed by atoms with Gasteiger partial charge in [0.25, 0.3) is 0 Å². The molecule has 0 saturated carbocycles. The smallest absolute Gasteiger partial charge is 0.345 e. The maximum atomic E-state index is 13.4. The fourth-order valence-corrected chi connectivity index (χ4v) is 5.31. The molecule has 0 spiro atoms. The summed E-state index contributed by atoms with van der Waals surface area (Å²) in [4.78, 5) is 23.8. The monoisotopic (exact) mass is 544 g/mol. The number of fused-ring (bicyclic) bond motifs is 2. The lowest BCUT2D eigenvalue weighted by Crippen LogP contribution is -2.21.